The van der Waals surface area contributed by atoms with Gasteiger partial charge in [0.25, 0.3) is 5.91 Å². The second kappa shape index (κ2) is 8.83. The summed E-state index contributed by atoms with van der Waals surface area (Å²) in [4.78, 5) is 24.1. The lowest BCUT2D eigenvalue weighted by Gasteiger charge is -2.29. The van der Waals surface area contributed by atoms with Crippen LogP contribution >= 0.6 is 11.6 Å². The fourth-order valence-electron chi connectivity index (χ4n) is 2.15. The van der Waals surface area contributed by atoms with Gasteiger partial charge in [0.05, 0.1) is 0 Å². The number of rotatable bonds is 4. The molecular formula is C13H17ClN2O7S. The van der Waals surface area contributed by atoms with E-state index in [9.17, 15) is 9.59 Å². The first kappa shape index (κ1) is 20.2. The summed E-state index contributed by atoms with van der Waals surface area (Å²) < 4.78 is 36.8. The molecule has 1 aliphatic rings. The van der Waals surface area contributed by atoms with Crippen molar-refractivity contribution in [2.75, 3.05) is 23.9 Å². The molecule has 1 aliphatic heterocycles. The van der Waals surface area contributed by atoms with Crippen LogP contribution in [0.1, 0.15) is 12.0 Å². The van der Waals surface area contributed by atoms with E-state index < -0.39 is 16.3 Å². The summed E-state index contributed by atoms with van der Waals surface area (Å²) in [6.45, 7) is 0.531. The van der Waals surface area contributed by atoms with E-state index in [2.05, 4.69) is 0 Å². The fraction of sp³-hybridized carbons (Fsp3) is 0.385. The minimum atomic E-state index is -4.67. The summed E-state index contributed by atoms with van der Waals surface area (Å²) in [5, 5.41) is 0. The number of amides is 2. The van der Waals surface area contributed by atoms with Gasteiger partial charge in [-0.15, -0.1) is 11.6 Å². The van der Waals surface area contributed by atoms with Gasteiger partial charge in [0.15, 0.2) is 6.61 Å². The Labute approximate surface area is 143 Å². The van der Waals surface area contributed by atoms with E-state index in [0.717, 1.165) is 24.1 Å². The first-order valence-corrected chi connectivity index (χ1v) is 8.65. The lowest BCUT2D eigenvalue weighted by atomic mass is 10.0. The highest BCUT2D eigenvalue weighted by Gasteiger charge is 2.22. The number of primary amides is 1. The molecule has 0 aromatic heterocycles. The molecule has 0 atom stereocenters. The zero-order valence-electron chi connectivity index (χ0n) is 12.5. The number of alkyl halides is 1. The van der Waals surface area contributed by atoms with Gasteiger partial charge in [-0.05, 0) is 36.6 Å². The normalized spacial score (nSPS) is 13.4. The molecule has 0 aliphatic carbocycles. The summed E-state index contributed by atoms with van der Waals surface area (Å²) in [6, 6.07) is 5.38. The molecule has 9 nitrogen and oxygen atoms in total. The smallest absolute Gasteiger partial charge is 0.394 e. The van der Waals surface area contributed by atoms with Gasteiger partial charge in [-0.25, -0.2) is 0 Å². The van der Waals surface area contributed by atoms with Crippen molar-refractivity contribution in [2.24, 2.45) is 5.73 Å². The van der Waals surface area contributed by atoms with Crippen LogP contribution in [0.2, 0.25) is 0 Å². The van der Waals surface area contributed by atoms with E-state index in [1.54, 1.807) is 11.0 Å². The first-order chi connectivity index (χ1) is 11.1. The van der Waals surface area contributed by atoms with Crippen LogP contribution in [0.4, 0.5) is 5.69 Å². The number of carbonyl (C=O) groups is 2. The standard InChI is InChI=1S/C13H15ClN2O3.H2O4S/c14-7-13(18)16-5-1-2-9-6-10(3-4-11(9)16)19-8-12(15)17;1-5(2,3)4/h3-4,6H,1-2,5,7-8H2,(H2,15,17);(H2,1,2,3,4). The number of aryl methyl sites for hydroxylation is 1. The van der Waals surface area contributed by atoms with Gasteiger partial charge in [0, 0.05) is 12.2 Å². The van der Waals surface area contributed by atoms with E-state index in [1.807, 2.05) is 12.1 Å². The van der Waals surface area contributed by atoms with Crippen LogP contribution < -0.4 is 15.4 Å². The van der Waals surface area contributed by atoms with Gasteiger partial charge in [-0.2, -0.15) is 8.42 Å². The van der Waals surface area contributed by atoms with Crippen LogP contribution in [0.3, 0.4) is 0 Å². The molecule has 4 N–H and O–H groups in total. The molecule has 0 bridgehead atoms. The van der Waals surface area contributed by atoms with Crippen molar-refractivity contribution in [3.05, 3.63) is 23.8 Å². The van der Waals surface area contributed by atoms with Crippen LogP contribution in [0.5, 0.6) is 5.75 Å². The lowest BCUT2D eigenvalue weighted by Crippen LogP contribution is -2.36. The quantitative estimate of drug-likeness (QED) is 0.506. The summed E-state index contributed by atoms with van der Waals surface area (Å²) in [5.74, 6) is -0.0675. The molecule has 2 rings (SSSR count). The lowest BCUT2D eigenvalue weighted by molar-refractivity contribution is -0.120. The SMILES string of the molecule is NC(=O)COc1ccc2c(c1)CCCN2C(=O)CCl.O=S(=O)(O)O. The minimum Gasteiger partial charge on any atom is -0.484 e. The zero-order chi connectivity index (χ0) is 18.3. The summed E-state index contributed by atoms with van der Waals surface area (Å²) in [5.41, 5.74) is 6.91. The largest absolute Gasteiger partial charge is 0.484 e. The van der Waals surface area contributed by atoms with E-state index in [1.165, 1.54) is 0 Å². The van der Waals surface area contributed by atoms with E-state index in [0.29, 0.717) is 12.3 Å². The molecule has 134 valence electrons. The third-order valence-corrected chi connectivity index (χ3v) is 3.19. The molecule has 0 spiro atoms. The molecule has 0 saturated carbocycles. The Kier molecular flexibility index (Phi) is 7.42. The number of nitrogens with two attached hydrogens (primary N) is 1. The molecule has 0 saturated heterocycles. The fourth-order valence-corrected chi connectivity index (χ4v) is 2.29. The van der Waals surface area contributed by atoms with Crippen molar-refractivity contribution in [2.45, 2.75) is 12.8 Å². The Morgan fingerprint density at radius 2 is 1.96 bits per heavy atom. The molecule has 2 amide bonds. The van der Waals surface area contributed by atoms with Gasteiger partial charge in [0.2, 0.25) is 5.91 Å². The maximum absolute atomic E-state index is 11.7. The Morgan fingerprint density at radius 1 is 1.33 bits per heavy atom. The van der Waals surface area contributed by atoms with E-state index in [-0.39, 0.29) is 18.4 Å². The molecule has 1 heterocycles. The second-order valence-corrected chi connectivity index (χ2v) is 5.94. The van der Waals surface area contributed by atoms with E-state index in [4.69, 9.17) is 39.6 Å². The Hall–Kier alpha value is -1.88. The van der Waals surface area contributed by atoms with Crippen molar-refractivity contribution >= 4 is 39.5 Å². The van der Waals surface area contributed by atoms with E-state index >= 15 is 0 Å². The zero-order valence-corrected chi connectivity index (χ0v) is 14.1. The molecule has 24 heavy (non-hydrogen) atoms. The number of benzene rings is 1. The highest BCUT2D eigenvalue weighted by molar-refractivity contribution is 7.79. The number of carbonyl (C=O) groups excluding carboxylic acids is 2. The van der Waals surface area contributed by atoms with Gasteiger partial charge in [-0.3, -0.25) is 18.7 Å². The van der Waals surface area contributed by atoms with Crippen molar-refractivity contribution in [3.63, 3.8) is 0 Å². The molecule has 0 fully saturated rings. The van der Waals surface area contributed by atoms with Crippen LogP contribution in [-0.2, 0) is 26.4 Å². The second-order valence-electron chi connectivity index (χ2n) is 4.78. The molecule has 0 unspecified atom stereocenters. The third-order valence-electron chi connectivity index (χ3n) is 2.97. The highest BCUT2D eigenvalue weighted by Crippen LogP contribution is 2.30. The highest BCUT2D eigenvalue weighted by atomic mass is 35.5. The monoisotopic (exact) mass is 380 g/mol. The van der Waals surface area contributed by atoms with Gasteiger partial charge >= 0.3 is 10.4 Å². The molecule has 1 aromatic carbocycles. The maximum Gasteiger partial charge on any atom is 0.394 e. The number of nitrogens with zero attached hydrogens (tertiary/aromatic N) is 1. The van der Waals surface area contributed by atoms with Crippen LogP contribution in [0.15, 0.2) is 18.2 Å². The number of hydrogen-bond donors (Lipinski definition) is 3. The number of ether oxygens (including phenoxy) is 1. The predicted octanol–water partition coefficient (Wildman–Crippen LogP) is 0.416. The average Bonchev–Trinajstić information content (AvgIpc) is 2.49. The van der Waals surface area contributed by atoms with Gasteiger partial charge < -0.3 is 15.4 Å². The van der Waals surface area contributed by atoms with Crippen LogP contribution in [-0.4, -0.2) is 48.4 Å². The van der Waals surface area contributed by atoms with Crippen molar-refractivity contribution in [3.8, 4) is 5.75 Å². The van der Waals surface area contributed by atoms with Gasteiger partial charge in [-0.1, -0.05) is 0 Å². The number of halogens is 1. The topological polar surface area (TPSA) is 147 Å². The van der Waals surface area contributed by atoms with Crippen molar-refractivity contribution in [1.82, 2.24) is 0 Å². The molecule has 1 aromatic rings. The number of anilines is 1. The number of fused-ring (bicyclic) bond motifs is 1. The van der Waals surface area contributed by atoms with Crippen molar-refractivity contribution < 1.29 is 31.8 Å². The molecule has 11 heteroatoms. The van der Waals surface area contributed by atoms with Gasteiger partial charge in [0.1, 0.15) is 11.6 Å². The number of hydrogen-bond acceptors (Lipinski definition) is 5. The summed E-state index contributed by atoms with van der Waals surface area (Å²) >= 11 is 5.60. The minimum absolute atomic E-state index is 0.0284. The Balaban J connectivity index is 0.000000505. The molecular weight excluding hydrogens is 364 g/mol. The van der Waals surface area contributed by atoms with Crippen molar-refractivity contribution in [1.29, 1.82) is 0 Å². The summed E-state index contributed by atoms with van der Waals surface area (Å²) in [6.07, 6.45) is 1.75. The van der Waals surface area contributed by atoms with Crippen LogP contribution in [0.25, 0.3) is 0 Å². The summed E-state index contributed by atoms with van der Waals surface area (Å²) in [7, 11) is -4.67. The average molecular weight is 381 g/mol. The predicted molar refractivity (Wildman–Crippen MR) is 86.7 cm³/mol. The molecule has 0 radical (unpaired) electrons. The first-order valence-electron chi connectivity index (χ1n) is 6.72. The Bertz CT molecular complexity index is 700. The maximum atomic E-state index is 11.7. The van der Waals surface area contributed by atoms with Crippen LogP contribution in [0, 0.1) is 0 Å². The third kappa shape index (κ3) is 7.13. The Morgan fingerprint density at radius 3 is 2.50 bits per heavy atom.